The van der Waals surface area contributed by atoms with Gasteiger partial charge >= 0.3 is 0 Å². The van der Waals surface area contributed by atoms with Crippen molar-refractivity contribution >= 4 is 10.9 Å². The number of H-pyrrole nitrogens is 1. The van der Waals surface area contributed by atoms with Crippen LogP contribution in [0.5, 0.6) is 5.75 Å². The van der Waals surface area contributed by atoms with Crippen molar-refractivity contribution in [2.24, 2.45) is 0 Å². The van der Waals surface area contributed by atoms with Crippen LogP contribution in [0.25, 0.3) is 10.9 Å². The molecule has 2 aromatic heterocycles. The first-order valence-electron chi connectivity index (χ1n) is 8.99. The van der Waals surface area contributed by atoms with Gasteiger partial charge in [0, 0.05) is 49.0 Å². The average molecular weight is 352 g/mol. The van der Waals surface area contributed by atoms with Crippen molar-refractivity contribution in [3.05, 3.63) is 59.5 Å². The third kappa shape index (κ3) is 4.42. The highest BCUT2D eigenvalue weighted by Gasteiger charge is 2.14. The van der Waals surface area contributed by atoms with Gasteiger partial charge in [-0.3, -0.25) is 9.88 Å². The monoisotopic (exact) mass is 352 g/mol. The fourth-order valence-corrected chi connectivity index (χ4v) is 3.15. The maximum absolute atomic E-state index is 5.37. The van der Waals surface area contributed by atoms with Crippen molar-refractivity contribution in [3.8, 4) is 5.75 Å². The van der Waals surface area contributed by atoms with Gasteiger partial charge in [0.2, 0.25) is 0 Å². The number of rotatable bonds is 8. The number of pyridine rings is 1. The molecule has 0 spiro atoms. The van der Waals surface area contributed by atoms with Crippen molar-refractivity contribution in [2.75, 3.05) is 34.3 Å². The first-order chi connectivity index (χ1) is 12.6. The molecule has 3 aromatic rings. The summed E-state index contributed by atoms with van der Waals surface area (Å²) in [6.07, 6.45) is 1.86. The lowest BCUT2D eigenvalue weighted by Crippen LogP contribution is -2.31. The summed E-state index contributed by atoms with van der Waals surface area (Å²) < 4.78 is 5.37. The quantitative estimate of drug-likeness (QED) is 0.674. The molecule has 0 aliphatic rings. The highest BCUT2D eigenvalue weighted by atomic mass is 16.5. The summed E-state index contributed by atoms with van der Waals surface area (Å²) in [6.45, 7) is 5.89. The molecule has 1 aromatic carbocycles. The summed E-state index contributed by atoms with van der Waals surface area (Å²) in [6, 6.07) is 12.3. The molecule has 2 heterocycles. The van der Waals surface area contributed by atoms with E-state index in [1.807, 2.05) is 24.4 Å². The predicted octanol–water partition coefficient (Wildman–Crippen LogP) is 3.44. The zero-order chi connectivity index (χ0) is 18.5. The van der Waals surface area contributed by atoms with Crippen molar-refractivity contribution < 1.29 is 4.74 Å². The Bertz CT molecular complexity index is 842. The normalized spacial score (nSPS) is 11.6. The van der Waals surface area contributed by atoms with Gasteiger partial charge in [0.15, 0.2) is 0 Å². The van der Waals surface area contributed by atoms with Gasteiger partial charge < -0.3 is 14.6 Å². The molecular formula is C21H28N4O. The van der Waals surface area contributed by atoms with E-state index in [1.165, 1.54) is 16.6 Å². The molecule has 5 nitrogen and oxygen atoms in total. The Hall–Kier alpha value is -2.37. The van der Waals surface area contributed by atoms with Crippen LogP contribution in [-0.4, -0.2) is 54.1 Å². The van der Waals surface area contributed by atoms with Crippen LogP contribution >= 0.6 is 0 Å². The van der Waals surface area contributed by atoms with Crippen LogP contribution in [0.2, 0.25) is 0 Å². The lowest BCUT2D eigenvalue weighted by atomic mass is 10.1. The number of hydrogen-bond donors (Lipinski definition) is 1. The number of nitrogens with zero attached hydrogens (tertiary/aromatic N) is 3. The van der Waals surface area contributed by atoms with Gasteiger partial charge in [0.25, 0.3) is 0 Å². The molecule has 0 unspecified atom stereocenters. The second-order valence-corrected chi connectivity index (χ2v) is 6.98. The lowest BCUT2D eigenvalue weighted by molar-refractivity contribution is 0.222. The Labute approximate surface area is 155 Å². The van der Waals surface area contributed by atoms with Gasteiger partial charge in [-0.25, -0.2) is 0 Å². The van der Waals surface area contributed by atoms with Crippen LogP contribution in [0.3, 0.4) is 0 Å². The molecule has 26 heavy (non-hydrogen) atoms. The fraction of sp³-hybridized carbons (Fsp3) is 0.381. The predicted molar refractivity (Wildman–Crippen MR) is 106 cm³/mol. The van der Waals surface area contributed by atoms with E-state index in [1.54, 1.807) is 7.11 Å². The van der Waals surface area contributed by atoms with E-state index in [4.69, 9.17) is 4.74 Å². The number of aryl methyl sites for hydroxylation is 1. The van der Waals surface area contributed by atoms with Gasteiger partial charge in [-0.2, -0.15) is 0 Å². The first kappa shape index (κ1) is 18.4. The van der Waals surface area contributed by atoms with Crippen LogP contribution in [0, 0.1) is 6.92 Å². The molecule has 0 amide bonds. The topological polar surface area (TPSA) is 44.4 Å². The van der Waals surface area contributed by atoms with Crippen molar-refractivity contribution in [1.29, 1.82) is 0 Å². The number of hydrogen-bond acceptors (Lipinski definition) is 4. The molecular weight excluding hydrogens is 324 g/mol. The standard InChI is InChI=1S/C21H28N4O/c1-16-19-13-18(26-4)8-9-20(19)23-21(16)15-25(12-11-24(2)3)14-17-7-5-6-10-22-17/h5-10,13,23H,11-12,14-15H2,1-4H3. The van der Waals surface area contributed by atoms with Gasteiger partial charge in [0.1, 0.15) is 5.75 Å². The Morgan fingerprint density at radius 3 is 2.62 bits per heavy atom. The highest BCUT2D eigenvalue weighted by Crippen LogP contribution is 2.26. The summed E-state index contributed by atoms with van der Waals surface area (Å²) in [7, 11) is 5.93. The molecule has 0 aliphatic heterocycles. The minimum Gasteiger partial charge on any atom is -0.497 e. The molecule has 0 fully saturated rings. The molecule has 3 rings (SSSR count). The number of fused-ring (bicyclic) bond motifs is 1. The van der Waals surface area contributed by atoms with E-state index in [9.17, 15) is 0 Å². The van der Waals surface area contributed by atoms with E-state index in [-0.39, 0.29) is 0 Å². The van der Waals surface area contributed by atoms with Gasteiger partial charge in [0.05, 0.1) is 12.8 Å². The maximum Gasteiger partial charge on any atom is 0.119 e. The molecule has 0 saturated heterocycles. The van der Waals surface area contributed by atoms with E-state index < -0.39 is 0 Å². The van der Waals surface area contributed by atoms with Gasteiger partial charge in [-0.15, -0.1) is 0 Å². The number of ether oxygens (including phenoxy) is 1. The molecule has 0 aliphatic carbocycles. The van der Waals surface area contributed by atoms with E-state index in [0.717, 1.165) is 43.1 Å². The van der Waals surface area contributed by atoms with E-state index in [2.05, 4.69) is 59.0 Å². The minimum absolute atomic E-state index is 0.840. The Kier molecular flexibility index (Phi) is 5.91. The van der Waals surface area contributed by atoms with Crippen LogP contribution in [0.1, 0.15) is 17.0 Å². The molecule has 0 atom stereocenters. The second kappa shape index (κ2) is 8.34. The summed E-state index contributed by atoms with van der Waals surface area (Å²) in [5, 5.41) is 1.23. The Morgan fingerprint density at radius 1 is 1.08 bits per heavy atom. The molecule has 5 heteroatoms. The van der Waals surface area contributed by atoms with Gasteiger partial charge in [-0.1, -0.05) is 6.07 Å². The Morgan fingerprint density at radius 2 is 1.92 bits per heavy atom. The number of methoxy groups -OCH3 is 1. The second-order valence-electron chi connectivity index (χ2n) is 6.98. The van der Waals surface area contributed by atoms with Crippen LogP contribution < -0.4 is 4.74 Å². The molecule has 0 bridgehead atoms. The van der Waals surface area contributed by atoms with Crippen molar-refractivity contribution in [2.45, 2.75) is 20.0 Å². The zero-order valence-corrected chi connectivity index (χ0v) is 16.1. The summed E-state index contributed by atoms with van der Waals surface area (Å²) in [5.74, 6) is 0.893. The molecule has 0 saturated carbocycles. The van der Waals surface area contributed by atoms with Crippen molar-refractivity contribution in [3.63, 3.8) is 0 Å². The number of benzene rings is 1. The number of likely N-dealkylation sites (N-methyl/N-ethyl adjacent to an activating group) is 1. The number of aromatic nitrogens is 2. The fourth-order valence-electron chi connectivity index (χ4n) is 3.15. The van der Waals surface area contributed by atoms with Crippen molar-refractivity contribution in [1.82, 2.24) is 19.8 Å². The molecule has 0 radical (unpaired) electrons. The summed E-state index contributed by atoms with van der Waals surface area (Å²) in [4.78, 5) is 12.7. The van der Waals surface area contributed by atoms with Crippen LogP contribution in [-0.2, 0) is 13.1 Å². The summed E-state index contributed by atoms with van der Waals surface area (Å²) >= 11 is 0. The van der Waals surface area contributed by atoms with Crippen LogP contribution in [0.4, 0.5) is 0 Å². The smallest absolute Gasteiger partial charge is 0.119 e. The largest absolute Gasteiger partial charge is 0.497 e. The molecule has 1 N–H and O–H groups in total. The van der Waals surface area contributed by atoms with Crippen LogP contribution in [0.15, 0.2) is 42.6 Å². The Balaban J connectivity index is 1.83. The third-order valence-corrected chi connectivity index (χ3v) is 4.73. The molecule has 138 valence electrons. The maximum atomic E-state index is 5.37. The van der Waals surface area contributed by atoms with Gasteiger partial charge in [-0.05, 0) is 56.9 Å². The first-order valence-corrected chi connectivity index (χ1v) is 8.99. The zero-order valence-electron chi connectivity index (χ0n) is 16.1. The minimum atomic E-state index is 0.840. The SMILES string of the molecule is COc1ccc2[nH]c(CN(CCN(C)C)Cc3ccccn3)c(C)c2c1. The van der Waals surface area contributed by atoms with E-state index >= 15 is 0 Å². The number of nitrogens with one attached hydrogen (secondary N) is 1. The number of aromatic amines is 1. The lowest BCUT2D eigenvalue weighted by Gasteiger charge is -2.23. The average Bonchev–Trinajstić information content (AvgIpc) is 2.95. The summed E-state index contributed by atoms with van der Waals surface area (Å²) in [5.41, 5.74) is 4.79. The highest BCUT2D eigenvalue weighted by molar-refractivity contribution is 5.85. The van der Waals surface area contributed by atoms with E-state index in [0.29, 0.717) is 0 Å². The third-order valence-electron chi connectivity index (χ3n) is 4.73.